The highest BCUT2D eigenvalue weighted by molar-refractivity contribution is 6.21. The zero-order valence-electron chi connectivity index (χ0n) is 21.1. The summed E-state index contributed by atoms with van der Waals surface area (Å²) in [5, 5.41) is 9.57. The van der Waals surface area contributed by atoms with E-state index in [2.05, 4.69) is 0 Å². The molecule has 196 valence electrons. The topological polar surface area (TPSA) is 107 Å². The van der Waals surface area contributed by atoms with Crippen LogP contribution >= 0.6 is 0 Å². The van der Waals surface area contributed by atoms with Crippen LogP contribution in [0, 0.1) is 23.1 Å². The van der Waals surface area contributed by atoms with E-state index in [9.17, 15) is 28.8 Å². The summed E-state index contributed by atoms with van der Waals surface area (Å²) in [6.07, 6.45) is 1.50. The van der Waals surface area contributed by atoms with E-state index in [0.717, 1.165) is 22.6 Å². The average Bonchev–Trinajstić information content (AvgIpc) is 3.31. The van der Waals surface area contributed by atoms with Gasteiger partial charge < -0.3 is 4.90 Å². The van der Waals surface area contributed by atoms with E-state index in [1.807, 2.05) is 44.2 Å². The maximum Gasteiger partial charge on any atom is 0.261 e. The molecule has 0 spiro atoms. The highest BCUT2D eigenvalue weighted by atomic mass is 19.1. The molecule has 1 fully saturated rings. The number of hydrogen-bond donors (Lipinski definition) is 2. The number of carbonyl (C=O) groups excluding carboxylic acids is 4. The van der Waals surface area contributed by atoms with E-state index in [1.165, 1.54) is 6.07 Å². The van der Waals surface area contributed by atoms with Crippen molar-refractivity contribution in [3.63, 3.8) is 0 Å². The van der Waals surface area contributed by atoms with E-state index >= 15 is 0 Å². The number of halogens is 1. The summed E-state index contributed by atoms with van der Waals surface area (Å²) in [6, 6.07) is 13.2. The number of likely N-dealkylation sites (tertiary alicyclic amines) is 1. The van der Waals surface area contributed by atoms with Crippen molar-refractivity contribution in [2.24, 2.45) is 17.3 Å². The van der Waals surface area contributed by atoms with Crippen LogP contribution in [0.5, 0.6) is 0 Å². The predicted octanol–water partition coefficient (Wildman–Crippen LogP) is 3.44. The molecule has 0 saturated carbocycles. The zero-order valence-corrected chi connectivity index (χ0v) is 21.1. The largest absolute Gasteiger partial charge is 0.342 e. The maximum atomic E-state index is 13.9. The van der Waals surface area contributed by atoms with Crippen LogP contribution in [0.3, 0.4) is 0 Å². The Kier molecular flexibility index (Phi) is 7.73. The molecule has 2 aromatic rings. The van der Waals surface area contributed by atoms with Gasteiger partial charge in [0.1, 0.15) is 5.82 Å². The Morgan fingerprint density at radius 1 is 1.05 bits per heavy atom. The van der Waals surface area contributed by atoms with Crippen LogP contribution in [0.1, 0.15) is 59.4 Å². The fourth-order valence-electron chi connectivity index (χ4n) is 5.82. The number of amides is 4. The molecule has 4 amide bonds. The molecule has 0 bridgehead atoms. The second-order valence-electron chi connectivity index (χ2n) is 10.3. The quantitative estimate of drug-likeness (QED) is 0.290. The fourth-order valence-corrected chi connectivity index (χ4v) is 5.82. The maximum absolute atomic E-state index is 13.9. The number of nitrogens with zero attached hydrogens (tertiary/aromatic N) is 2. The molecule has 2 atom stereocenters. The number of fused-ring (bicyclic) bond motifs is 1. The number of imide groups is 1. The van der Waals surface area contributed by atoms with Crippen LogP contribution in [0.15, 0.2) is 48.5 Å². The molecular formula is C28H32FN3O5. The van der Waals surface area contributed by atoms with Crippen molar-refractivity contribution in [2.45, 2.75) is 39.5 Å². The molecule has 9 heteroatoms. The highest BCUT2D eigenvalue weighted by Gasteiger charge is 2.54. The molecule has 2 aliphatic rings. The molecule has 37 heavy (non-hydrogen) atoms. The number of hydroxylamine groups is 1. The molecule has 2 heterocycles. The normalized spacial score (nSPS) is 20.1. The van der Waals surface area contributed by atoms with E-state index in [1.54, 1.807) is 10.4 Å². The van der Waals surface area contributed by atoms with Crippen molar-refractivity contribution in [1.82, 2.24) is 15.3 Å². The van der Waals surface area contributed by atoms with Crippen LogP contribution in [-0.2, 0) is 16.0 Å². The third-order valence-corrected chi connectivity index (χ3v) is 7.49. The van der Waals surface area contributed by atoms with Gasteiger partial charge in [-0.15, -0.1) is 0 Å². The Morgan fingerprint density at radius 3 is 2.43 bits per heavy atom. The SMILES string of the molecule is CC(C)C[C@@]1([C@@H](CCN2C(=O)c3ccc(F)cc3C2=O)C(=O)NO)CCN(CCc2ccccc2)C1=O. The Labute approximate surface area is 215 Å². The summed E-state index contributed by atoms with van der Waals surface area (Å²) in [6.45, 7) is 4.77. The molecule has 2 N–H and O–H groups in total. The minimum atomic E-state index is -1.08. The summed E-state index contributed by atoms with van der Waals surface area (Å²) in [4.78, 5) is 55.3. The van der Waals surface area contributed by atoms with Gasteiger partial charge in [-0.2, -0.15) is 0 Å². The predicted molar refractivity (Wildman–Crippen MR) is 133 cm³/mol. The molecule has 1 saturated heterocycles. The molecule has 0 aromatic heterocycles. The van der Waals surface area contributed by atoms with Gasteiger partial charge in [-0.3, -0.25) is 29.3 Å². The molecule has 4 rings (SSSR count). The van der Waals surface area contributed by atoms with Crippen molar-refractivity contribution < 1.29 is 28.8 Å². The van der Waals surface area contributed by atoms with Crippen LogP contribution < -0.4 is 5.48 Å². The summed E-state index contributed by atoms with van der Waals surface area (Å²) < 4.78 is 13.7. The lowest BCUT2D eigenvalue weighted by molar-refractivity contribution is -0.150. The molecule has 2 aliphatic heterocycles. The average molecular weight is 510 g/mol. The van der Waals surface area contributed by atoms with E-state index in [-0.39, 0.29) is 35.9 Å². The summed E-state index contributed by atoms with van der Waals surface area (Å²) >= 11 is 0. The van der Waals surface area contributed by atoms with Gasteiger partial charge in [0.15, 0.2) is 0 Å². The Balaban J connectivity index is 1.55. The number of benzene rings is 2. The smallest absolute Gasteiger partial charge is 0.261 e. The van der Waals surface area contributed by atoms with Gasteiger partial charge in [-0.05, 0) is 55.4 Å². The first kappa shape index (κ1) is 26.5. The van der Waals surface area contributed by atoms with E-state index in [0.29, 0.717) is 32.4 Å². The van der Waals surface area contributed by atoms with Gasteiger partial charge in [0.05, 0.1) is 22.5 Å². The molecule has 0 unspecified atom stereocenters. The van der Waals surface area contributed by atoms with Crippen molar-refractivity contribution in [1.29, 1.82) is 0 Å². The van der Waals surface area contributed by atoms with Crippen molar-refractivity contribution in [2.75, 3.05) is 19.6 Å². The van der Waals surface area contributed by atoms with E-state index < -0.39 is 34.9 Å². The summed E-state index contributed by atoms with van der Waals surface area (Å²) in [5.74, 6) is -3.59. The third kappa shape index (κ3) is 5.13. The number of nitrogens with one attached hydrogen (secondary N) is 1. The lowest BCUT2D eigenvalue weighted by Crippen LogP contribution is -2.48. The first-order valence-electron chi connectivity index (χ1n) is 12.6. The summed E-state index contributed by atoms with van der Waals surface area (Å²) in [5.41, 5.74) is 1.82. The Morgan fingerprint density at radius 2 is 1.76 bits per heavy atom. The fraction of sp³-hybridized carbons (Fsp3) is 0.429. The van der Waals surface area contributed by atoms with E-state index in [4.69, 9.17) is 0 Å². The minimum Gasteiger partial charge on any atom is -0.342 e. The second kappa shape index (κ2) is 10.8. The first-order valence-corrected chi connectivity index (χ1v) is 12.6. The molecule has 0 radical (unpaired) electrons. The van der Waals surface area contributed by atoms with Gasteiger partial charge in [0.2, 0.25) is 11.8 Å². The summed E-state index contributed by atoms with van der Waals surface area (Å²) in [7, 11) is 0. The Hall–Kier alpha value is -3.59. The minimum absolute atomic E-state index is 0.00860. The monoisotopic (exact) mass is 509 g/mol. The highest BCUT2D eigenvalue weighted by Crippen LogP contribution is 2.46. The van der Waals surface area contributed by atoms with Gasteiger partial charge in [-0.25, -0.2) is 9.87 Å². The first-order chi connectivity index (χ1) is 17.7. The van der Waals surface area contributed by atoms with Gasteiger partial charge >= 0.3 is 0 Å². The second-order valence-corrected chi connectivity index (χ2v) is 10.3. The van der Waals surface area contributed by atoms with Crippen LogP contribution in [0.2, 0.25) is 0 Å². The Bertz CT molecular complexity index is 1200. The lowest BCUT2D eigenvalue weighted by Gasteiger charge is -2.36. The van der Waals surface area contributed by atoms with Crippen LogP contribution in [0.25, 0.3) is 0 Å². The molecule has 0 aliphatic carbocycles. The van der Waals surface area contributed by atoms with Crippen molar-refractivity contribution in [3.8, 4) is 0 Å². The van der Waals surface area contributed by atoms with Crippen molar-refractivity contribution >= 4 is 23.6 Å². The van der Waals surface area contributed by atoms with Crippen molar-refractivity contribution in [3.05, 3.63) is 71.0 Å². The number of carbonyl (C=O) groups is 4. The zero-order chi connectivity index (χ0) is 26.7. The van der Waals surface area contributed by atoms with Crippen LogP contribution in [-0.4, -0.2) is 58.3 Å². The van der Waals surface area contributed by atoms with Crippen LogP contribution in [0.4, 0.5) is 4.39 Å². The molecular weight excluding hydrogens is 477 g/mol. The third-order valence-electron chi connectivity index (χ3n) is 7.49. The number of rotatable bonds is 10. The molecule has 2 aromatic carbocycles. The number of hydrogen-bond acceptors (Lipinski definition) is 5. The standard InChI is InChI=1S/C28H32FN3O5/c1-18(2)17-28(12-15-31(27(28)36)13-10-19-6-4-3-5-7-19)23(24(33)30-37)11-14-32-25(34)21-9-8-20(29)16-22(21)26(32)35/h3-9,16,18,23,37H,10-15,17H2,1-2H3,(H,30,33)/t23-,28+/m0/s1. The molecule has 8 nitrogen and oxygen atoms in total. The van der Waals surface area contributed by atoms with Gasteiger partial charge in [0.25, 0.3) is 11.8 Å². The van der Waals surface area contributed by atoms with Gasteiger partial charge in [-0.1, -0.05) is 44.2 Å². The lowest BCUT2D eigenvalue weighted by atomic mass is 9.67. The van der Waals surface area contributed by atoms with Gasteiger partial charge in [0, 0.05) is 19.6 Å².